The molecule has 18 heavy (non-hydrogen) atoms. The maximum atomic E-state index is 13.1. The van der Waals surface area contributed by atoms with Crippen molar-refractivity contribution in [1.29, 1.82) is 0 Å². The van der Waals surface area contributed by atoms with Crippen molar-refractivity contribution in [2.45, 2.75) is 12.1 Å². The zero-order valence-electron chi connectivity index (χ0n) is 10.1. The molecule has 0 bridgehead atoms. The summed E-state index contributed by atoms with van der Waals surface area (Å²) in [6.07, 6.45) is 1.13. The van der Waals surface area contributed by atoms with E-state index in [1.54, 1.807) is 7.11 Å². The predicted molar refractivity (Wildman–Crippen MR) is 66.9 cm³/mol. The molecule has 1 fully saturated rings. The molecule has 0 saturated carbocycles. The molecule has 0 aromatic carbocycles. The quantitative estimate of drug-likeness (QED) is 0.833. The Hall–Kier alpha value is -1.18. The molecule has 0 aliphatic carbocycles. The highest BCUT2D eigenvalue weighted by molar-refractivity contribution is 5.85. The van der Waals surface area contributed by atoms with Crippen molar-refractivity contribution in [1.82, 2.24) is 15.3 Å². The molecular weight excluding hydrogens is 263 g/mol. The molecule has 2 heterocycles. The number of hydrogen-bond donors (Lipinski definition) is 2. The van der Waals surface area contributed by atoms with E-state index in [0.29, 0.717) is 5.95 Å². The first-order valence-corrected chi connectivity index (χ1v) is 5.31. The van der Waals surface area contributed by atoms with E-state index < -0.39 is 5.82 Å². The normalized spacial score (nSPS) is 22.4. The largest absolute Gasteiger partial charge is 0.479 e. The van der Waals surface area contributed by atoms with Crippen LogP contribution in [0.25, 0.3) is 0 Å². The van der Waals surface area contributed by atoms with Crippen LogP contribution in [0.3, 0.4) is 0 Å². The SMILES string of the molecule is COc1nc(N[C@H]2CNC[C@@H]2OC)ncc1F.Cl. The van der Waals surface area contributed by atoms with Gasteiger partial charge in [0.05, 0.1) is 25.5 Å². The van der Waals surface area contributed by atoms with Crippen LogP contribution in [0, 0.1) is 5.82 Å². The van der Waals surface area contributed by atoms with Crippen LogP contribution in [0.15, 0.2) is 6.20 Å². The molecule has 102 valence electrons. The number of rotatable bonds is 4. The summed E-state index contributed by atoms with van der Waals surface area (Å²) in [4.78, 5) is 7.78. The summed E-state index contributed by atoms with van der Waals surface area (Å²) in [5.41, 5.74) is 0. The van der Waals surface area contributed by atoms with Crippen LogP contribution in [-0.2, 0) is 4.74 Å². The minimum absolute atomic E-state index is 0. The molecule has 8 heteroatoms. The summed E-state index contributed by atoms with van der Waals surface area (Å²) in [6.45, 7) is 1.52. The number of anilines is 1. The molecule has 1 aliphatic rings. The monoisotopic (exact) mass is 278 g/mol. The van der Waals surface area contributed by atoms with Gasteiger partial charge >= 0.3 is 0 Å². The third kappa shape index (κ3) is 3.18. The van der Waals surface area contributed by atoms with Crippen molar-refractivity contribution in [2.24, 2.45) is 0 Å². The van der Waals surface area contributed by atoms with Gasteiger partial charge in [0.15, 0.2) is 0 Å². The average Bonchev–Trinajstić information content (AvgIpc) is 2.79. The van der Waals surface area contributed by atoms with Gasteiger partial charge in [0.2, 0.25) is 11.8 Å². The smallest absolute Gasteiger partial charge is 0.255 e. The Bertz CT molecular complexity index is 396. The van der Waals surface area contributed by atoms with E-state index in [1.807, 2.05) is 0 Å². The Kier molecular flexibility index (Phi) is 5.52. The minimum Gasteiger partial charge on any atom is -0.479 e. The minimum atomic E-state index is -0.578. The lowest BCUT2D eigenvalue weighted by Crippen LogP contribution is -2.34. The molecule has 6 nitrogen and oxygen atoms in total. The van der Waals surface area contributed by atoms with Crippen LogP contribution in [0.2, 0.25) is 0 Å². The predicted octanol–water partition coefficient (Wildman–Crippen LogP) is 0.445. The van der Waals surface area contributed by atoms with E-state index in [1.165, 1.54) is 7.11 Å². The number of hydrogen-bond acceptors (Lipinski definition) is 6. The summed E-state index contributed by atoms with van der Waals surface area (Å²) >= 11 is 0. The van der Waals surface area contributed by atoms with E-state index in [0.717, 1.165) is 19.3 Å². The van der Waals surface area contributed by atoms with Crippen molar-refractivity contribution in [3.8, 4) is 5.88 Å². The average molecular weight is 279 g/mol. The highest BCUT2D eigenvalue weighted by Gasteiger charge is 2.27. The second-order valence-corrected chi connectivity index (χ2v) is 3.73. The number of halogens is 2. The third-order valence-corrected chi connectivity index (χ3v) is 2.68. The van der Waals surface area contributed by atoms with Crippen LogP contribution >= 0.6 is 12.4 Å². The van der Waals surface area contributed by atoms with Gasteiger partial charge in [0.25, 0.3) is 5.88 Å². The van der Waals surface area contributed by atoms with Crippen molar-refractivity contribution in [2.75, 3.05) is 32.6 Å². The standard InChI is InChI=1S/C10H15FN4O2.ClH/c1-16-8-5-12-4-7(8)14-10-13-3-6(11)9(15-10)17-2;/h3,7-8,12H,4-5H2,1-2H3,(H,13,14,15);1H/t7-,8-;/m0./s1. The lowest BCUT2D eigenvalue weighted by molar-refractivity contribution is 0.111. The van der Waals surface area contributed by atoms with E-state index in [9.17, 15) is 4.39 Å². The van der Waals surface area contributed by atoms with Gasteiger partial charge in [-0.2, -0.15) is 9.37 Å². The van der Waals surface area contributed by atoms with Crippen molar-refractivity contribution in [3.63, 3.8) is 0 Å². The van der Waals surface area contributed by atoms with Crippen molar-refractivity contribution in [3.05, 3.63) is 12.0 Å². The molecule has 1 aromatic heterocycles. The van der Waals surface area contributed by atoms with E-state index in [2.05, 4.69) is 20.6 Å². The van der Waals surface area contributed by atoms with Crippen molar-refractivity contribution < 1.29 is 13.9 Å². The molecule has 1 aromatic rings. The van der Waals surface area contributed by atoms with Crippen LogP contribution < -0.4 is 15.4 Å². The lowest BCUT2D eigenvalue weighted by atomic mass is 10.2. The van der Waals surface area contributed by atoms with Gasteiger partial charge in [-0.1, -0.05) is 0 Å². The second kappa shape index (κ2) is 6.67. The van der Waals surface area contributed by atoms with Crippen LogP contribution in [-0.4, -0.2) is 49.4 Å². The summed E-state index contributed by atoms with van der Waals surface area (Å²) in [5.74, 6) is -0.313. The summed E-state index contributed by atoms with van der Waals surface area (Å²) in [7, 11) is 3.02. The fourth-order valence-corrected chi connectivity index (χ4v) is 1.78. The fraction of sp³-hybridized carbons (Fsp3) is 0.600. The summed E-state index contributed by atoms with van der Waals surface area (Å²) < 4.78 is 23.2. The highest BCUT2D eigenvalue weighted by Crippen LogP contribution is 2.15. The van der Waals surface area contributed by atoms with Crippen LogP contribution in [0.4, 0.5) is 10.3 Å². The van der Waals surface area contributed by atoms with Gasteiger partial charge < -0.3 is 20.1 Å². The maximum absolute atomic E-state index is 13.1. The first-order chi connectivity index (χ1) is 8.24. The van der Waals surface area contributed by atoms with Gasteiger partial charge in [-0.3, -0.25) is 0 Å². The molecule has 0 radical (unpaired) electrons. The molecule has 1 aliphatic heterocycles. The number of ether oxygens (including phenoxy) is 2. The number of methoxy groups -OCH3 is 2. The van der Waals surface area contributed by atoms with Gasteiger partial charge in [0, 0.05) is 20.2 Å². The van der Waals surface area contributed by atoms with E-state index in [-0.39, 0.29) is 30.4 Å². The fourth-order valence-electron chi connectivity index (χ4n) is 1.78. The second-order valence-electron chi connectivity index (χ2n) is 3.73. The molecule has 0 unspecified atom stereocenters. The Morgan fingerprint density at radius 3 is 2.89 bits per heavy atom. The van der Waals surface area contributed by atoms with E-state index >= 15 is 0 Å². The highest BCUT2D eigenvalue weighted by atomic mass is 35.5. The zero-order chi connectivity index (χ0) is 12.3. The molecule has 2 N–H and O–H groups in total. The summed E-state index contributed by atoms with van der Waals surface area (Å²) in [5, 5.41) is 6.27. The Labute approximate surface area is 111 Å². The van der Waals surface area contributed by atoms with Gasteiger partial charge in [-0.15, -0.1) is 12.4 Å². The number of nitrogens with zero attached hydrogens (tertiary/aromatic N) is 2. The maximum Gasteiger partial charge on any atom is 0.255 e. The summed E-state index contributed by atoms with van der Waals surface area (Å²) in [6, 6.07) is 0.0650. The lowest BCUT2D eigenvalue weighted by Gasteiger charge is -2.18. The molecule has 0 spiro atoms. The van der Waals surface area contributed by atoms with Crippen LogP contribution in [0.1, 0.15) is 0 Å². The topological polar surface area (TPSA) is 68.3 Å². The van der Waals surface area contributed by atoms with Gasteiger partial charge in [-0.05, 0) is 0 Å². The molecule has 2 rings (SSSR count). The third-order valence-electron chi connectivity index (χ3n) is 2.68. The first kappa shape index (κ1) is 14.9. The number of nitrogens with one attached hydrogen (secondary N) is 2. The molecule has 0 amide bonds. The Morgan fingerprint density at radius 2 is 2.22 bits per heavy atom. The molecule has 2 atom stereocenters. The van der Waals surface area contributed by atoms with Crippen molar-refractivity contribution >= 4 is 18.4 Å². The Balaban J connectivity index is 0.00000162. The van der Waals surface area contributed by atoms with Gasteiger partial charge in [-0.25, -0.2) is 4.98 Å². The van der Waals surface area contributed by atoms with Crippen LogP contribution in [0.5, 0.6) is 5.88 Å². The Morgan fingerprint density at radius 1 is 1.44 bits per heavy atom. The molecular formula is C10H16ClFN4O2. The molecule has 1 saturated heterocycles. The number of aromatic nitrogens is 2. The van der Waals surface area contributed by atoms with E-state index in [4.69, 9.17) is 9.47 Å². The van der Waals surface area contributed by atoms with Gasteiger partial charge in [0.1, 0.15) is 0 Å². The zero-order valence-corrected chi connectivity index (χ0v) is 11.0. The first-order valence-electron chi connectivity index (χ1n) is 5.31.